The third kappa shape index (κ3) is 4.54. The van der Waals surface area contributed by atoms with Gasteiger partial charge in [-0.3, -0.25) is 0 Å². The summed E-state index contributed by atoms with van der Waals surface area (Å²) in [6, 6.07) is 6.76. The van der Waals surface area contributed by atoms with Gasteiger partial charge in [-0.15, -0.1) is 0 Å². The van der Waals surface area contributed by atoms with E-state index in [1.165, 1.54) is 36.5 Å². The fourth-order valence-corrected chi connectivity index (χ4v) is 2.56. The Morgan fingerprint density at radius 3 is 2.19 bits per heavy atom. The van der Waals surface area contributed by atoms with Crippen molar-refractivity contribution in [2.75, 3.05) is 0 Å². The summed E-state index contributed by atoms with van der Waals surface area (Å²) in [6.45, 7) is 6.71. The Bertz CT molecular complexity index is 710. The zero-order valence-corrected chi connectivity index (χ0v) is 15.1. The van der Waals surface area contributed by atoms with Crippen LogP contribution in [0.4, 0.5) is 13.6 Å². The zero-order chi connectivity index (χ0) is 19.5. The first-order chi connectivity index (χ1) is 12.0. The highest BCUT2D eigenvalue weighted by molar-refractivity contribution is 5.68. The van der Waals surface area contributed by atoms with Crippen molar-refractivity contribution in [1.29, 1.82) is 0 Å². The van der Waals surface area contributed by atoms with Crippen LogP contribution >= 0.6 is 0 Å². The number of aliphatic hydroxyl groups is 1. The SMILES string of the molecule is C[C@H](NC(=O)OC(C)(C)C)C(O)(c1ccc(F)cc1)c1ccc(F)nc1. The predicted octanol–water partition coefficient (Wildman–Crippen LogP) is 3.51. The normalized spacial score (nSPS) is 15.0. The van der Waals surface area contributed by atoms with Crippen LogP contribution in [0.3, 0.4) is 0 Å². The number of pyridine rings is 1. The van der Waals surface area contributed by atoms with Gasteiger partial charge in [0.15, 0.2) is 0 Å². The number of ether oxygens (including phenoxy) is 1. The number of benzene rings is 1. The van der Waals surface area contributed by atoms with Gasteiger partial charge in [0.05, 0.1) is 6.04 Å². The van der Waals surface area contributed by atoms with E-state index in [0.29, 0.717) is 5.56 Å². The average Bonchev–Trinajstić information content (AvgIpc) is 2.53. The molecule has 0 saturated heterocycles. The second-order valence-corrected chi connectivity index (χ2v) is 7.01. The Hall–Kier alpha value is -2.54. The minimum absolute atomic E-state index is 0.245. The van der Waals surface area contributed by atoms with Crippen LogP contribution in [0.25, 0.3) is 0 Å². The van der Waals surface area contributed by atoms with Gasteiger partial charge in [0, 0.05) is 11.8 Å². The van der Waals surface area contributed by atoms with Crippen LogP contribution in [0.2, 0.25) is 0 Å². The van der Waals surface area contributed by atoms with E-state index in [-0.39, 0.29) is 5.56 Å². The third-order valence-corrected chi connectivity index (χ3v) is 3.81. The highest BCUT2D eigenvalue weighted by Gasteiger charge is 2.39. The molecule has 0 aliphatic rings. The molecule has 26 heavy (non-hydrogen) atoms. The number of carbonyl (C=O) groups is 1. The molecule has 1 aromatic heterocycles. The van der Waals surface area contributed by atoms with E-state index in [0.717, 1.165) is 6.07 Å². The van der Waals surface area contributed by atoms with Gasteiger partial charge in [-0.25, -0.2) is 14.2 Å². The summed E-state index contributed by atoms with van der Waals surface area (Å²) in [6.07, 6.45) is 0.451. The van der Waals surface area contributed by atoms with E-state index < -0.39 is 35.1 Å². The molecule has 0 spiro atoms. The summed E-state index contributed by atoms with van der Waals surface area (Å²) in [5.41, 5.74) is -1.93. The number of rotatable bonds is 4. The van der Waals surface area contributed by atoms with E-state index in [9.17, 15) is 18.7 Å². The maximum atomic E-state index is 13.3. The molecule has 140 valence electrons. The van der Waals surface area contributed by atoms with E-state index in [4.69, 9.17) is 4.74 Å². The number of alkyl carbamates (subject to hydrolysis) is 1. The molecule has 7 heteroatoms. The number of nitrogens with zero attached hydrogens (tertiary/aromatic N) is 1. The summed E-state index contributed by atoms with van der Waals surface area (Å²) in [7, 11) is 0. The van der Waals surface area contributed by atoms with Gasteiger partial charge in [-0.05, 0) is 57.5 Å². The molecule has 2 N–H and O–H groups in total. The molecular weight excluding hydrogens is 342 g/mol. The van der Waals surface area contributed by atoms with Crippen molar-refractivity contribution in [3.63, 3.8) is 0 Å². The maximum absolute atomic E-state index is 13.3. The van der Waals surface area contributed by atoms with Crippen LogP contribution in [0.15, 0.2) is 42.6 Å². The molecule has 2 atom stereocenters. The van der Waals surface area contributed by atoms with E-state index in [2.05, 4.69) is 10.3 Å². The molecule has 0 aliphatic heterocycles. The van der Waals surface area contributed by atoms with Crippen molar-refractivity contribution >= 4 is 6.09 Å². The van der Waals surface area contributed by atoms with Crippen molar-refractivity contribution in [3.8, 4) is 0 Å². The quantitative estimate of drug-likeness (QED) is 0.815. The molecule has 0 bridgehead atoms. The van der Waals surface area contributed by atoms with Crippen LogP contribution < -0.4 is 5.32 Å². The first-order valence-corrected chi connectivity index (χ1v) is 8.12. The molecule has 2 rings (SSSR count). The Labute approximate surface area is 151 Å². The Kier molecular flexibility index (Phi) is 5.61. The predicted molar refractivity (Wildman–Crippen MR) is 92.4 cm³/mol. The molecule has 1 aromatic carbocycles. The molecule has 0 saturated carbocycles. The summed E-state index contributed by atoms with van der Waals surface area (Å²) in [4.78, 5) is 15.7. The average molecular weight is 364 g/mol. The number of hydrogen-bond acceptors (Lipinski definition) is 4. The van der Waals surface area contributed by atoms with Crippen LogP contribution in [0.5, 0.6) is 0 Å². The van der Waals surface area contributed by atoms with Crippen LogP contribution in [-0.4, -0.2) is 27.8 Å². The smallest absolute Gasteiger partial charge is 0.407 e. The molecule has 1 unspecified atom stereocenters. The van der Waals surface area contributed by atoms with Crippen molar-refractivity contribution in [2.45, 2.75) is 44.9 Å². The summed E-state index contributed by atoms with van der Waals surface area (Å²) >= 11 is 0. The Balaban J connectivity index is 2.41. The standard InChI is InChI=1S/C19H22F2N2O3/c1-12(23-17(24)26-18(2,3)4)19(25,13-5-8-15(20)9-6-13)14-7-10-16(21)22-11-14/h5-12,25H,1-4H3,(H,23,24)/t12-,19?/m0/s1. The maximum Gasteiger partial charge on any atom is 0.407 e. The Morgan fingerprint density at radius 1 is 1.12 bits per heavy atom. The van der Waals surface area contributed by atoms with Crippen LogP contribution in [-0.2, 0) is 10.3 Å². The van der Waals surface area contributed by atoms with Gasteiger partial charge in [0.1, 0.15) is 17.0 Å². The lowest BCUT2D eigenvalue weighted by Gasteiger charge is -2.35. The minimum atomic E-state index is -1.77. The summed E-state index contributed by atoms with van der Waals surface area (Å²) < 4.78 is 31.7. The minimum Gasteiger partial charge on any atom is -0.444 e. The fraction of sp³-hybridized carbons (Fsp3) is 0.368. The molecule has 1 amide bonds. The lowest BCUT2D eigenvalue weighted by atomic mass is 9.81. The van der Waals surface area contributed by atoms with Crippen molar-refractivity contribution < 1.29 is 23.4 Å². The number of hydrogen-bond donors (Lipinski definition) is 2. The molecular formula is C19H22F2N2O3. The first-order valence-electron chi connectivity index (χ1n) is 8.12. The van der Waals surface area contributed by atoms with Gasteiger partial charge >= 0.3 is 6.09 Å². The van der Waals surface area contributed by atoms with Crippen molar-refractivity contribution in [3.05, 3.63) is 65.5 Å². The van der Waals surface area contributed by atoms with E-state index in [1.807, 2.05) is 0 Å². The van der Waals surface area contributed by atoms with E-state index >= 15 is 0 Å². The molecule has 2 aromatic rings. The summed E-state index contributed by atoms with van der Waals surface area (Å²) in [5.74, 6) is -1.18. The summed E-state index contributed by atoms with van der Waals surface area (Å²) in [5, 5.41) is 14.0. The lowest BCUT2D eigenvalue weighted by molar-refractivity contribution is 0.0207. The number of halogens is 2. The zero-order valence-electron chi connectivity index (χ0n) is 15.1. The number of nitrogens with one attached hydrogen (secondary N) is 1. The number of amides is 1. The van der Waals surface area contributed by atoms with Crippen LogP contribution in [0.1, 0.15) is 38.8 Å². The fourth-order valence-electron chi connectivity index (χ4n) is 2.56. The number of aromatic nitrogens is 1. The highest BCUT2D eigenvalue weighted by atomic mass is 19.1. The molecule has 5 nitrogen and oxygen atoms in total. The molecule has 1 heterocycles. The second kappa shape index (κ2) is 7.37. The molecule has 0 aliphatic carbocycles. The van der Waals surface area contributed by atoms with Gasteiger partial charge in [-0.1, -0.05) is 12.1 Å². The number of carbonyl (C=O) groups excluding carboxylic acids is 1. The first kappa shape index (κ1) is 19.8. The topological polar surface area (TPSA) is 71.5 Å². The van der Waals surface area contributed by atoms with Crippen molar-refractivity contribution in [2.24, 2.45) is 0 Å². The largest absolute Gasteiger partial charge is 0.444 e. The van der Waals surface area contributed by atoms with Crippen LogP contribution in [0, 0.1) is 11.8 Å². The van der Waals surface area contributed by atoms with E-state index in [1.54, 1.807) is 27.7 Å². The van der Waals surface area contributed by atoms with Gasteiger partial charge < -0.3 is 15.2 Å². The van der Waals surface area contributed by atoms with Gasteiger partial charge in [0.25, 0.3) is 0 Å². The highest BCUT2D eigenvalue weighted by Crippen LogP contribution is 2.33. The molecule has 0 fully saturated rings. The molecule has 0 radical (unpaired) electrons. The Morgan fingerprint density at radius 2 is 1.69 bits per heavy atom. The monoisotopic (exact) mass is 364 g/mol. The van der Waals surface area contributed by atoms with Gasteiger partial charge in [-0.2, -0.15) is 4.39 Å². The third-order valence-electron chi connectivity index (χ3n) is 3.81. The lowest BCUT2D eigenvalue weighted by Crippen LogP contribution is -2.50. The van der Waals surface area contributed by atoms with Gasteiger partial charge in [0.2, 0.25) is 5.95 Å². The second-order valence-electron chi connectivity index (χ2n) is 7.01. The van der Waals surface area contributed by atoms with Crippen molar-refractivity contribution in [1.82, 2.24) is 10.3 Å².